The fraction of sp³-hybridized carbons (Fsp3) is 0.348. The lowest BCUT2D eigenvalue weighted by Gasteiger charge is -2.15. The second-order valence-corrected chi connectivity index (χ2v) is 7.86. The number of hydrogen-bond acceptors (Lipinski definition) is 3. The summed E-state index contributed by atoms with van der Waals surface area (Å²) in [6, 6.07) is 12.8. The number of carbonyl (C=O) groups excluding carboxylic acids is 2. The number of amides is 1. The highest BCUT2D eigenvalue weighted by atomic mass is 35.5. The highest BCUT2D eigenvalue weighted by molar-refractivity contribution is 6.30. The third kappa shape index (κ3) is 4.49. The summed E-state index contributed by atoms with van der Waals surface area (Å²) in [5, 5.41) is 9.36. The molecule has 3 rings (SSSR count). The van der Waals surface area contributed by atoms with Crippen LogP contribution in [0.3, 0.4) is 0 Å². The average Bonchev–Trinajstić information content (AvgIpc) is 2.99. The van der Waals surface area contributed by atoms with Crippen LogP contribution in [-0.4, -0.2) is 39.3 Å². The minimum atomic E-state index is -0.0672. The molecule has 0 fully saturated rings. The number of ketones is 1. The number of benzene rings is 2. The van der Waals surface area contributed by atoms with E-state index in [0.29, 0.717) is 29.3 Å². The molecule has 1 heterocycles. The number of aromatic nitrogens is 2. The molecule has 0 radical (unpaired) electrons. The van der Waals surface area contributed by atoms with E-state index in [1.54, 1.807) is 47.7 Å². The van der Waals surface area contributed by atoms with Crippen LogP contribution in [0.2, 0.25) is 5.02 Å². The van der Waals surface area contributed by atoms with Gasteiger partial charge in [-0.2, -0.15) is 0 Å². The number of hydrogen-bond donors (Lipinski definition) is 1. The van der Waals surface area contributed by atoms with Crippen molar-refractivity contribution >= 4 is 34.3 Å². The predicted molar refractivity (Wildman–Crippen MR) is 119 cm³/mol. The van der Waals surface area contributed by atoms with Gasteiger partial charge in [-0.3, -0.25) is 15.0 Å². The Hall–Kier alpha value is -2.86. The monoisotopic (exact) mass is 426 g/mol. The van der Waals surface area contributed by atoms with Crippen LogP contribution in [0, 0.1) is 5.41 Å². The van der Waals surface area contributed by atoms with Crippen LogP contribution in [0.15, 0.2) is 42.5 Å². The fourth-order valence-corrected chi connectivity index (χ4v) is 3.76. The molecule has 1 aromatic heterocycles. The first-order valence-electron chi connectivity index (χ1n) is 10.1. The number of halogens is 1. The number of nitrogens with zero attached hydrogens (tertiary/aromatic N) is 3. The zero-order valence-corrected chi connectivity index (χ0v) is 18.4. The Kier molecular flexibility index (Phi) is 6.77. The van der Waals surface area contributed by atoms with Gasteiger partial charge < -0.3 is 14.0 Å². The van der Waals surface area contributed by atoms with Crippen molar-refractivity contribution in [1.82, 2.24) is 14.0 Å². The molecule has 30 heavy (non-hydrogen) atoms. The zero-order chi connectivity index (χ0) is 21.8. The Morgan fingerprint density at radius 2 is 1.80 bits per heavy atom. The average molecular weight is 427 g/mol. The highest BCUT2D eigenvalue weighted by Crippen LogP contribution is 2.20. The molecule has 3 aromatic rings. The molecule has 2 aromatic carbocycles. The maximum atomic E-state index is 12.9. The van der Waals surface area contributed by atoms with Gasteiger partial charge in [0, 0.05) is 37.6 Å². The first kappa shape index (κ1) is 21.8. The van der Waals surface area contributed by atoms with Gasteiger partial charge in [0.25, 0.3) is 0 Å². The van der Waals surface area contributed by atoms with Crippen LogP contribution in [-0.2, 0) is 24.3 Å². The standard InChI is InChI=1S/C23H27ClN4O2/c1-4-17-7-5-8-20-22(17)27(14-6-13-26(3)16(2)29)23(25)28(20)15-21(30)18-9-11-19(24)12-10-18/h5,7-12,25H,4,6,13-15H2,1-3H3. The maximum Gasteiger partial charge on any atom is 0.219 e. The normalized spacial score (nSPS) is 11.1. The first-order valence-corrected chi connectivity index (χ1v) is 10.5. The molecule has 0 saturated carbocycles. The molecule has 7 heteroatoms. The molecule has 0 atom stereocenters. The smallest absolute Gasteiger partial charge is 0.219 e. The summed E-state index contributed by atoms with van der Waals surface area (Å²) >= 11 is 5.93. The number of rotatable bonds is 8. The van der Waals surface area contributed by atoms with Crippen LogP contribution in [0.25, 0.3) is 11.0 Å². The molecule has 0 aliphatic rings. The van der Waals surface area contributed by atoms with Gasteiger partial charge in [0.15, 0.2) is 5.78 Å². The third-order valence-corrected chi connectivity index (χ3v) is 5.68. The van der Waals surface area contributed by atoms with Gasteiger partial charge in [-0.05, 0) is 48.7 Å². The molecular formula is C23H27ClN4O2. The molecule has 0 aliphatic heterocycles. The highest BCUT2D eigenvalue weighted by Gasteiger charge is 2.17. The SMILES string of the molecule is CCc1cccc2c1n(CCCN(C)C(C)=O)c(=N)n2CC(=O)c1ccc(Cl)cc1. The van der Waals surface area contributed by atoms with Gasteiger partial charge in [0.2, 0.25) is 11.5 Å². The van der Waals surface area contributed by atoms with E-state index in [1.165, 1.54) is 0 Å². The minimum absolute atomic E-state index is 0.0244. The van der Waals surface area contributed by atoms with E-state index in [1.807, 2.05) is 16.7 Å². The predicted octanol–water partition coefficient (Wildman–Crippen LogP) is 3.89. The summed E-state index contributed by atoms with van der Waals surface area (Å²) < 4.78 is 3.72. The quantitative estimate of drug-likeness (QED) is 0.555. The van der Waals surface area contributed by atoms with E-state index in [0.717, 1.165) is 29.4 Å². The summed E-state index contributed by atoms with van der Waals surface area (Å²) in [5.74, 6) is -0.0428. The van der Waals surface area contributed by atoms with Gasteiger partial charge in [0.1, 0.15) is 0 Å². The summed E-state index contributed by atoms with van der Waals surface area (Å²) in [7, 11) is 1.78. The lowest BCUT2D eigenvalue weighted by molar-refractivity contribution is -0.127. The summed E-state index contributed by atoms with van der Waals surface area (Å²) in [6.07, 6.45) is 1.56. The summed E-state index contributed by atoms with van der Waals surface area (Å²) in [5.41, 5.74) is 3.86. The molecule has 1 N–H and O–H groups in total. The molecular weight excluding hydrogens is 400 g/mol. The minimum Gasteiger partial charge on any atom is -0.346 e. The van der Waals surface area contributed by atoms with Crippen molar-refractivity contribution in [3.63, 3.8) is 0 Å². The molecule has 0 bridgehead atoms. The van der Waals surface area contributed by atoms with Crippen molar-refractivity contribution in [1.29, 1.82) is 5.41 Å². The molecule has 158 valence electrons. The number of aryl methyl sites for hydroxylation is 2. The van der Waals surface area contributed by atoms with Crippen LogP contribution in [0.5, 0.6) is 0 Å². The molecule has 0 spiro atoms. The number of nitrogens with one attached hydrogen (secondary N) is 1. The van der Waals surface area contributed by atoms with Crippen molar-refractivity contribution in [2.45, 2.75) is 39.8 Å². The number of imidazole rings is 1. The summed E-state index contributed by atoms with van der Waals surface area (Å²) in [4.78, 5) is 26.0. The number of fused-ring (bicyclic) bond motifs is 1. The topological polar surface area (TPSA) is 71.1 Å². The van der Waals surface area contributed by atoms with Crippen LogP contribution in [0.1, 0.15) is 36.2 Å². The molecule has 0 saturated heterocycles. The second kappa shape index (κ2) is 9.30. The van der Waals surface area contributed by atoms with Crippen LogP contribution < -0.4 is 5.62 Å². The van der Waals surface area contributed by atoms with Gasteiger partial charge in [-0.15, -0.1) is 0 Å². The van der Waals surface area contributed by atoms with Crippen LogP contribution in [0.4, 0.5) is 0 Å². The molecule has 6 nitrogen and oxygen atoms in total. The largest absolute Gasteiger partial charge is 0.346 e. The van der Waals surface area contributed by atoms with Crippen molar-refractivity contribution in [3.8, 4) is 0 Å². The van der Waals surface area contributed by atoms with Crippen molar-refractivity contribution in [3.05, 3.63) is 64.2 Å². The van der Waals surface area contributed by atoms with E-state index in [2.05, 4.69) is 13.0 Å². The van der Waals surface area contributed by atoms with E-state index in [9.17, 15) is 9.59 Å². The fourth-order valence-electron chi connectivity index (χ4n) is 3.63. The van der Waals surface area contributed by atoms with Gasteiger partial charge in [-0.25, -0.2) is 0 Å². The number of para-hydroxylation sites is 1. The van der Waals surface area contributed by atoms with E-state index in [-0.39, 0.29) is 18.2 Å². The Morgan fingerprint density at radius 1 is 1.10 bits per heavy atom. The number of carbonyl (C=O) groups is 2. The first-order chi connectivity index (χ1) is 14.3. The van der Waals surface area contributed by atoms with E-state index >= 15 is 0 Å². The second-order valence-electron chi connectivity index (χ2n) is 7.42. The van der Waals surface area contributed by atoms with Crippen molar-refractivity contribution in [2.75, 3.05) is 13.6 Å². The van der Waals surface area contributed by atoms with E-state index in [4.69, 9.17) is 17.0 Å². The number of Topliss-reactive ketones (excluding diaryl/α,β-unsaturated/α-hetero) is 1. The molecule has 1 amide bonds. The lowest BCUT2D eigenvalue weighted by atomic mass is 10.1. The van der Waals surface area contributed by atoms with Crippen molar-refractivity contribution < 1.29 is 9.59 Å². The molecule has 0 aliphatic carbocycles. The van der Waals surface area contributed by atoms with Gasteiger partial charge in [0.05, 0.1) is 17.6 Å². The Balaban J connectivity index is 1.97. The maximum absolute atomic E-state index is 12.9. The lowest BCUT2D eigenvalue weighted by Crippen LogP contribution is -2.30. The van der Waals surface area contributed by atoms with E-state index < -0.39 is 0 Å². The summed E-state index contributed by atoms with van der Waals surface area (Å²) in [6.45, 7) is 4.94. The third-order valence-electron chi connectivity index (χ3n) is 5.43. The van der Waals surface area contributed by atoms with Gasteiger partial charge in [-0.1, -0.05) is 30.7 Å². The Labute approximate surface area is 181 Å². The van der Waals surface area contributed by atoms with Crippen molar-refractivity contribution in [2.24, 2.45) is 0 Å². The van der Waals surface area contributed by atoms with Crippen LogP contribution >= 0.6 is 11.6 Å². The Bertz CT molecular complexity index is 1130. The van der Waals surface area contributed by atoms with Gasteiger partial charge >= 0.3 is 0 Å². The Morgan fingerprint density at radius 3 is 2.43 bits per heavy atom. The molecule has 0 unspecified atom stereocenters. The zero-order valence-electron chi connectivity index (χ0n) is 17.6.